The molecule has 0 aliphatic rings. The number of allylic oxidation sites excluding steroid dienone is 1. The first-order valence-electron chi connectivity index (χ1n) is 7.25. The predicted molar refractivity (Wildman–Crippen MR) is 95.7 cm³/mol. The second-order valence-electron chi connectivity index (χ2n) is 4.96. The van der Waals surface area contributed by atoms with Crippen molar-refractivity contribution in [3.63, 3.8) is 0 Å². The van der Waals surface area contributed by atoms with Crippen LogP contribution in [0, 0.1) is 6.92 Å². The van der Waals surface area contributed by atoms with Crippen LogP contribution in [0.4, 0.5) is 0 Å². The minimum absolute atomic E-state index is 0.0690. The third-order valence-corrected chi connectivity index (χ3v) is 3.78. The van der Waals surface area contributed by atoms with Crippen LogP contribution in [-0.4, -0.2) is 12.5 Å². The summed E-state index contributed by atoms with van der Waals surface area (Å²) >= 11 is 3.42. The lowest BCUT2D eigenvalue weighted by Gasteiger charge is -2.13. The van der Waals surface area contributed by atoms with Gasteiger partial charge in [-0.1, -0.05) is 42.5 Å². The van der Waals surface area contributed by atoms with Crippen LogP contribution in [-0.2, 0) is 4.79 Å². The number of hydrogen-bond acceptors (Lipinski definition) is 3. The van der Waals surface area contributed by atoms with Crippen molar-refractivity contribution in [3.05, 3.63) is 70.2 Å². The summed E-state index contributed by atoms with van der Waals surface area (Å²) in [5, 5.41) is 0. The quantitative estimate of drug-likeness (QED) is 0.755. The van der Waals surface area contributed by atoms with E-state index in [2.05, 4.69) is 26.8 Å². The van der Waals surface area contributed by atoms with Crippen molar-refractivity contribution in [1.29, 1.82) is 0 Å². The van der Waals surface area contributed by atoms with Gasteiger partial charge in [0.25, 0.3) is 5.91 Å². The number of rotatable bonds is 6. The van der Waals surface area contributed by atoms with Gasteiger partial charge < -0.3 is 4.74 Å². The molecule has 0 aliphatic carbocycles. The Labute approximate surface area is 144 Å². The molecule has 120 valence electrons. The van der Waals surface area contributed by atoms with Crippen LogP contribution in [0.3, 0.4) is 0 Å². The number of benzene rings is 2. The van der Waals surface area contributed by atoms with Crippen LogP contribution < -0.4 is 15.6 Å². The summed E-state index contributed by atoms with van der Waals surface area (Å²) in [5.74, 6) is 0.382. The maximum atomic E-state index is 11.9. The lowest BCUT2D eigenvalue weighted by Crippen LogP contribution is -2.39. The highest BCUT2D eigenvalue weighted by Gasteiger charge is 2.06. The molecular weight excluding hydrogens is 356 g/mol. The Morgan fingerprint density at radius 1 is 1.17 bits per heavy atom. The average Bonchev–Trinajstić information content (AvgIpc) is 2.55. The maximum Gasteiger partial charge on any atom is 0.276 e. The van der Waals surface area contributed by atoms with Crippen molar-refractivity contribution in [1.82, 2.24) is 10.9 Å². The molecule has 5 heteroatoms. The van der Waals surface area contributed by atoms with Gasteiger partial charge in [0.05, 0.1) is 10.2 Å². The molecule has 23 heavy (non-hydrogen) atoms. The van der Waals surface area contributed by atoms with Gasteiger partial charge in [-0.05, 0) is 53.0 Å². The first kappa shape index (κ1) is 17.1. The Hall–Kier alpha value is -2.27. The van der Waals surface area contributed by atoms with Gasteiger partial charge in [-0.2, -0.15) is 0 Å². The minimum Gasteiger partial charge on any atom is -0.483 e. The molecule has 2 aromatic carbocycles. The molecule has 0 spiro atoms. The van der Waals surface area contributed by atoms with Crippen molar-refractivity contribution >= 4 is 27.5 Å². The largest absolute Gasteiger partial charge is 0.483 e. The minimum atomic E-state index is -0.257. The summed E-state index contributed by atoms with van der Waals surface area (Å²) in [6, 6.07) is 15.5. The number of aryl methyl sites for hydroxylation is 1. The standard InChI is InChI=1S/C18H19BrN2O2/c1-3-16(14-7-5-4-6-8-14)20-21-18(22)12-23-17-10-9-13(2)11-15(17)19/h3-11,20H,12H2,1-2H3,(H,21,22). The van der Waals surface area contributed by atoms with E-state index in [1.54, 1.807) is 0 Å². The smallest absolute Gasteiger partial charge is 0.276 e. The van der Waals surface area contributed by atoms with Gasteiger partial charge in [0.1, 0.15) is 5.75 Å². The summed E-state index contributed by atoms with van der Waals surface area (Å²) in [4.78, 5) is 11.9. The van der Waals surface area contributed by atoms with Gasteiger partial charge in [-0.15, -0.1) is 0 Å². The molecule has 0 aromatic heterocycles. The zero-order valence-corrected chi connectivity index (χ0v) is 14.7. The van der Waals surface area contributed by atoms with Crippen LogP contribution in [0.2, 0.25) is 0 Å². The van der Waals surface area contributed by atoms with Crippen molar-refractivity contribution in [3.8, 4) is 5.75 Å². The summed E-state index contributed by atoms with van der Waals surface area (Å²) in [6.07, 6.45) is 1.90. The van der Waals surface area contributed by atoms with Gasteiger partial charge in [0, 0.05) is 0 Å². The molecule has 0 saturated heterocycles. The molecule has 0 radical (unpaired) electrons. The van der Waals surface area contributed by atoms with Crippen LogP contribution in [0.25, 0.3) is 5.70 Å². The molecule has 0 saturated carbocycles. The van der Waals surface area contributed by atoms with Crippen LogP contribution >= 0.6 is 15.9 Å². The van der Waals surface area contributed by atoms with Gasteiger partial charge in [0.15, 0.2) is 6.61 Å². The number of nitrogens with one attached hydrogen (secondary N) is 2. The van der Waals surface area contributed by atoms with Gasteiger partial charge in [0.2, 0.25) is 0 Å². The Bertz CT molecular complexity index is 699. The van der Waals surface area contributed by atoms with E-state index in [9.17, 15) is 4.79 Å². The highest BCUT2D eigenvalue weighted by atomic mass is 79.9. The third-order valence-electron chi connectivity index (χ3n) is 3.16. The fraction of sp³-hybridized carbons (Fsp3) is 0.167. The molecule has 0 bridgehead atoms. The molecule has 0 heterocycles. The second kappa shape index (κ2) is 8.39. The lowest BCUT2D eigenvalue weighted by atomic mass is 10.1. The summed E-state index contributed by atoms with van der Waals surface area (Å²) in [5.41, 5.74) is 8.50. The second-order valence-corrected chi connectivity index (χ2v) is 5.82. The average molecular weight is 375 g/mol. The molecule has 0 unspecified atom stereocenters. The summed E-state index contributed by atoms with van der Waals surface area (Å²) < 4.78 is 6.34. The molecule has 2 rings (SSSR count). The topological polar surface area (TPSA) is 50.4 Å². The molecular formula is C18H19BrN2O2. The van der Waals surface area contributed by atoms with Gasteiger partial charge in [-0.3, -0.25) is 15.6 Å². The Morgan fingerprint density at radius 2 is 1.91 bits per heavy atom. The predicted octanol–water partition coefficient (Wildman–Crippen LogP) is 3.82. The van der Waals surface area contributed by atoms with Crippen molar-refractivity contribution < 1.29 is 9.53 Å². The Balaban J connectivity index is 1.85. The van der Waals surface area contributed by atoms with E-state index in [1.807, 2.05) is 68.5 Å². The third kappa shape index (κ3) is 5.14. The van der Waals surface area contributed by atoms with Crippen molar-refractivity contribution in [2.75, 3.05) is 6.61 Å². The van der Waals surface area contributed by atoms with Crippen molar-refractivity contribution in [2.24, 2.45) is 0 Å². The van der Waals surface area contributed by atoms with Crippen LogP contribution in [0.1, 0.15) is 18.1 Å². The van der Waals surface area contributed by atoms with E-state index in [0.717, 1.165) is 21.3 Å². The molecule has 4 nitrogen and oxygen atoms in total. The number of halogens is 1. The normalized spacial score (nSPS) is 11.0. The van der Waals surface area contributed by atoms with E-state index in [1.165, 1.54) is 0 Å². The van der Waals surface area contributed by atoms with Gasteiger partial charge in [-0.25, -0.2) is 0 Å². The maximum absolute atomic E-state index is 11.9. The summed E-state index contributed by atoms with van der Waals surface area (Å²) in [7, 11) is 0. The fourth-order valence-corrected chi connectivity index (χ4v) is 2.58. The summed E-state index contributed by atoms with van der Waals surface area (Å²) in [6.45, 7) is 3.83. The highest BCUT2D eigenvalue weighted by Crippen LogP contribution is 2.25. The number of ether oxygens (including phenoxy) is 1. The lowest BCUT2D eigenvalue weighted by molar-refractivity contribution is -0.123. The van der Waals surface area contributed by atoms with E-state index in [0.29, 0.717) is 5.75 Å². The van der Waals surface area contributed by atoms with E-state index in [-0.39, 0.29) is 12.5 Å². The van der Waals surface area contributed by atoms with E-state index in [4.69, 9.17) is 4.74 Å². The van der Waals surface area contributed by atoms with Crippen LogP contribution in [0.15, 0.2) is 59.1 Å². The number of hydrazine groups is 1. The zero-order chi connectivity index (χ0) is 16.7. The zero-order valence-electron chi connectivity index (χ0n) is 13.1. The van der Waals surface area contributed by atoms with Crippen molar-refractivity contribution in [2.45, 2.75) is 13.8 Å². The highest BCUT2D eigenvalue weighted by molar-refractivity contribution is 9.10. The number of carbonyl (C=O) groups excluding carboxylic acids is 1. The SMILES string of the molecule is CC=C(NNC(=O)COc1ccc(C)cc1Br)c1ccccc1. The van der Waals surface area contributed by atoms with Crippen LogP contribution in [0.5, 0.6) is 5.75 Å². The van der Waals surface area contributed by atoms with E-state index < -0.39 is 0 Å². The molecule has 0 fully saturated rings. The Kier molecular flexibility index (Phi) is 6.23. The molecule has 2 N–H and O–H groups in total. The number of amides is 1. The first-order chi connectivity index (χ1) is 11.1. The first-order valence-corrected chi connectivity index (χ1v) is 8.05. The molecule has 0 aliphatic heterocycles. The molecule has 1 amide bonds. The van der Waals surface area contributed by atoms with E-state index >= 15 is 0 Å². The molecule has 0 atom stereocenters. The molecule has 2 aromatic rings. The van der Waals surface area contributed by atoms with Gasteiger partial charge >= 0.3 is 0 Å². The fourth-order valence-electron chi connectivity index (χ4n) is 1.97. The number of hydrogen-bond donors (Lipinski definition) is 2. The Morgan fingerprint density at radius 3 is 2.57 bits per heavy atom. The monoisotopic (exact) mass is 374 g/mol. The number of carbonyl (C=O) groups is 1.